The number of anilines is 1. The van der Waals surface area contributed by atoms with Crippen molar-refractivity contribution in [2.24, 2.45) is 0 Å². The van der Waals surface area contributed by atoms with Crippen molar-refractivity contribution >= 4 is 11.8 Å². The second kappa shape index (κ2) is 8.53. The molecule has 1 fully saturated rings. The molecule has 1 aliphatic heterocycles. The van der Waals surface area contributed by atoms with Crippen LogP contribution in [0.4, 0.5) is 19.3 Å². The Kier molecular flexibility index (Phi) is 6.63. The summed E-state index contributed by atoms with van der Waals surface area (Å²) in [6.07, 6.45) is -0.417. The van der Waals surface area contributed by atoms with E-state index in [0.717, 1.165) is 12.1 Å². The molecule has 0 aromatic heterocycles. The molecule has 1 aliphatic rings. The maximum atomic E-state index is 14.4. The summed E-state index contributed by atoms with van der Waals surface area (Å²) in [5, 5.41) is 0. The van der Waals surface area contributed by atoms with E-state index < -0.39 is 23.3 Å². The van der Waals surface area contributed by atoms with Gasteiger partial charge in [0.2, 0.25) is 0 Å². The summed E-state index contributed by atoms with van der Waals surface area (Å²) in [6.45, 7) is 7.22. The van der Waals surface area contributed by atoms with E-state index >= 15 is 0 Å². The Hall–Kier alpha value is -2.09. The number of hydrogen-bond acceptors (Lipinski definition) is 5. The summed E-state index contributed by atoms with van der Waals surface area (Å²) in [6, 6.07) is 2.32. The molecule has 0 spiro atoms. The lowest BCUT2D eigenvalue weighted by Gasteiger charge is -2.37. The van der Waals surface area contributed by atoms with E-state index in [9.17, 15) is 13.6 Å². The molecule has 26 heavy (non-hydrogen) atoms. The smallest absolute Gasteiger partial charge is 0.410 e. The highest BCUT2D eigenvalue weighted by molar-refractivity contribution is 5.68. The fourth-order valence-electron chi connectivity index (χ4n) is 2.61. The average molecular weight is 372 g/mol. The molecule has 8 heteroatoms. The lowest BCUT2D eigenvalue weighted by molar-refractivity contribution is 0.0240. The average Bonchev–Trinajstić information content (AvgIpc) is 2.53. The Balaban J connectivity index is 1.99. The van der Waals surface area contributed by atoms with Crippen molar-refractivity contribution in [3.63, 3.8) is 0 Å². The molecule has 0 N–H and O–H groups in total. The maximum absolute atomic E-state index is 14.4. The van der Waals surface area contributed by atoms with E-state index in [2.05, 4.69) is 0 Å². The fraction of sp³-hybridized carbons (Fsp3) is 0.611. The van der Waals surface area contributed by atoms with Crippen LogP contribution >= 0.6 is 0 Å². The van der Waals surface area contributed by atoms with Gasteiger partial charge in [0.05, 0.1) is 6.61 Å². The summed E-state index contributed by atoms with van der Waals surface area (Å²) in [5.74, 6) is -1.26. The van der Waals surface area contributed by atoms with Gasteiger partial charge in [0.15, 0.2) is 11.6 Å². The quantitative estimate of drug-likeness (QED) is 0.744. The third kappa shape index (κ3) is 5.45. The predicted octanol–water partition coefficient (Wildman–Crippen LogP) is 3.05. The zero-order chi connectivity index (χ0) is 19.3. The third-order valence-electron chi connectivity index (χ3n) is 3.79. The first-order valence-electron chi connectivity index (χ1n) is 8.55. The van der Waals surface area contributed by atoms with E-state index in [1.807, 2.05) is 0 Å². The van der Waals surface area contributed by atoms with Crippen molar-refractivity contribution in [2.45, 2.75) is 26.4 Å². The number of hydrogen-bond donors (Lipinski definition) is 0. The summed E-state index contributed by atoms with van der Waals surface area (Å²) in [7, 11) is 1.52. The number of amides is 1. The molecule has 1 amide bonds. The third-order valence-corrected chi connectivity index (χ3v) is 3.79. The molecule has 1 aromatic carbocycles. The lowest BCUT2D eigenvalue weighted by atomic mass is 10.2. The molecular weight excluding hydrogens is 346 g/mol. The first-order chi connectivity index (χ1) is 12.2. The molecule has 0 radical (unpaired) electrons. The summed E-state index contributed by atoms with van der Waals surface area (Å²) in [4.78, 5) is 15.2. The molecule has 1 aromatic rings. The highest BCUT2D eigenvalue weighted by atomic mass is 19.1. The Morgan fingerprint density at radius 2 is 1.65 bits per heavy atom. The number of piperazine rings is 1. The van der Waals surface area contributed by atoms with Crippen LogP contribution in [0, 0.1) is 11.6 Å². The Morgan fingerprint density at radius 1 is 1.08 bits per heavy atom. The van der Waals surface area contributed by atoms with Crippen LogP contribution in [-0.4, -0.2) is 63.1 Å². The number of carbonyl (C=O) groups excluding carboxylic acids is 1. The molecule has 0 aliphatic carbocycles. The van der Waals surface area contributed by atoms with Crippen LogP contribution in [0.1, 0.15) is 20.8 Å². The molecular formula is C18H26F2N2O4. The van der Waals surface area contributed by atoms with Gasteiger partial charge in [-0.1, -0.05) is 0 Å². The van der Waals surface area contributed by atoms with Crippen LogP contribution in [-0.2, 0) is 9.47 Å². The van der Waals surface area contributed by atoms with Crippen LogP contribution in [0.3, 0.4) is 0 Å². The van der Waals surface area contributed by atoms with E-state index in [1.54, 1.807) is 30.6 Å². The standard InChI is InChI=1S/C18H26F2N2O4/c1-18(2,3)26-17(23)22-7-5-21(6-8-22)16-14(19)11-13(12-15(16)20)25-10-9-24-4/h11-12H,5-10H2,1-4H3. The van der Waals surface area contributed by atoms with Crippen LogP contribution in [0.2, 0.25) is 0 Å². The number of ether oxygens (including phenoxy) is 3. The van der Waals surface area contributed by atoms with Crippen LogP contribution in [0.15, 0.2) is 12.1 Å². The number of halogens is 2. The van der Waals surface area contributed by atoms with Gasteiger partial charge in [0, 0.05) is 45.4 Å². The number of methoxy groups -OCH3 is 1. The zero-order valence-electron chi connectivity index (χ0n) is 15.7. The molecule has 0 unspecified atom stereocenters. The monoisotopic (exact) mass is 372 g/mol. The van der Waals surface area contributed by atoms with Gasteiger partial charge in [-0.25, -0.2) is 13.6 Å². The molecule has 146 valence electrons. The molecule has 0 saturated carbocycles. The minimum Gasteiger partial charge on any atom is -0.491 e. The van der Waals surface area contributed by atoms with Gasteiger partial charge < -0.3 is 24.0 Å². The fourth-order valence-corrected chi connectivity index (χ4v) is 2.61. The first-order valence-corrected chi connectivity index (χ1v) is 8.55. The summed E-state index contributed by atoms with van der Waals surface area (Å²) >= 11 is 0. The lowest BCUT2D eigenvalue weighted by Crippen LogP contribution is -2.50. The van der Waals surface area contributed by atoms with Gasteiger partial charge in [-0.05, 0) is 20.8 Å². The molecule has 1 saturated heterocycles. The minimum atomic E-state index is -0.692. The van der Waals surface area contributed by atoms with Crippen molar-refractivity contribution < 1.29 is 27.8 Å². The van der Waals surface area contributed by atoms with Crippen LogP contribution < -0.4 is 9.64 Å². The van der Waals surface area contributed by atoms with E-state index in [1.165, 1.54) is 7.11 Å². The van der Waals surface area contributed by atoms with Gasteiger partial charge >= 0.3 is 6.09 Å². The predicted molar refractivity (Wildman–Crippen MR) is 93.7 cm³/mol. The van der Waals surface area contributed by atoms with E-state index in [0.29, 0.717) is 32.8 Å². The van der Waals surface area contributed by atoms with Gasteiger partial charge in [-0.2, -0.15) is 0 Å². The largest absolute Gasteiger partial charge is 0.491 e. The molecule has 0 bridgehead atoms. The van der Waals surface area contributed by atoms with Crippen molar-refractivity contribution in [1.29, 1.82) is 0 Å². The van der Waals surface area contributed by atoms with Gasteiger partial charge in [0.25, 0.3) is 0 Å². The van der Waals surface area contributed by atoms with Crippen molar-refractivity contribution in [1.82, 2.24) is 4.90 Å². The normalized spacial score (nSPS) is 15.2. The molecule has 1 heterocycles. The van der Waals surface area contributed by atoms with Gasteiger partial charge in [-0.3, -0.25) is 0 Å². The number of rotatable bonds is 5. The van der Waals surface area contributed by atoms with Crippen LogP contribution in [0.25, 0.3) is 0 Å². The topological polar surface area (TPSA) is 51.2 Å². The summed E-state index contributed by atoms with van der Waals surface area (Å²) < 4.78 is 44.2. The molecule has 6 nitrogen and oxygen atoms in total. The second-order valence-electron chi connectivity index (χ2n) is 7.03. The Labute approximate surface area is 152 Å². The first kappa shape index (κ1) is 20.2. The SMILES string of the molecule is COCCOc1cc(F)c(N2CCN(C(=O)OC(C)(C)C)CC2)c(F)c1. The Bertz CT molecular complexity index is 603. The van der Waals surface area contributed by atoms with Crippen molar-refractivity contribution in [3.8, 4) is 5.75 Å². The second-order valence-corrected chi connectivity index (χ2v) is 7.03. The molecule has 0 atom stereocenters. The van der Waals surface area contributed by atoms with E-state index in [-0.39, 0.29) is 18.0 Å². The summed E-state index contributed by atoms with van der Waals surface area (Å²) in [5.41, 5.74) is -0.682. The van der Waals surface area contributed by atoms with Gasteiger partial charge in [-0.15, -0.1) is 0 Å². The van der Waals surface area contributed by atoms with Crippen molar-refractivity contribution in [2.75, 3.05) is 51.4 Å². The Morgan fingerprint density at radius 3 is 2.15 bits per heavy atom. The van der Waals surface area contributed by atoms with Gasteiger partial charge in [0.1, 0.15) is 23.6 Å². The van der Waals surface area contributed by atoms with Crippen molar-refractivity contribution in [3.05, 3.63) is 23.8 Å². The van der Waals surface area contributed by atoms with E-state index in [4.69, 9.17) is 14.2 Å². The number of nitrogens with zero attached hydrogens (tertiary/aromatic N) is 2. The highest BCUT2D eigenvalue weighted by Crippen LogP contribution is 2.29. The minimum absolute atomic E-state index is 0.104. The number of carbonyl (C=O) groups is 1. The number of benzene rings is 1. The van der Waals surface area contributed by atoms with Crippen LogP contribution in [0.5, 0.6) is 5.75 Å². The molecule has 2 rings (SSSR count). The zero-order valence-corrected chi connectivity index (χ0v) is 15.7. The maximum Gasteiger partial charge on any atom is 0.410 e. The highest BCUT2D eigenvalue weighted by Gasteiger charge is 2.28.